The van der Waals surface area contributed by atoms with Crippen molar-refractivity contribution in [3.05, 3.63) is 29.8 Å². The third-order valence-corrected chi connectivity index (χ3v) is 3.88. The van der Waals surface area contributed by atoms with Gasteiger partial charge in [-0.25, -0.2) is 4.79 Å². The summed E-state index contributed by atoms with van der Waals surface area (Å²) in [5, 5.41) is 5.92. The summed E-state index contributed by atoms with van der Waals surface area (Å²) in [6, 6.07) is 7.36. The fourth-order valence-electron chi connectivity index (χ4n) is 2.73. The topological polar surface area (TPSA) is 68.8 Å². The van der Waals surface area contributed by atoms with Gasteiger partial charge in [0.2, 0.25) is 0 Å². The molecule has 3 unspecified atom stereocenters. The van der Waals surface area contributed by atoms with Gasteiger partial charge in [0, 0.05) is 19.3 Å². The number of urea groups is 1. The molecule has 2 N–H and O–H groups in total. The number of rotatable bonds is 3. The van der Waals surface area contributed by atoms with E-state index in [1.165, 1.54) is 0 Å². The van der Waals surface area contributed by atoms with E-state index < -0.39 is 0 Å². The second kappa shape index (κ2) is 6.32. The van der Waals surface area contributed by atoms with Crippen molar-refractivity contribution in [3.8, 4) is 5.75 Å². The molecule has 6 heteroatoms. The van der Waals surface area contributed by atoms with E-state index in [1.807, 2.05) is 24.3 Å². The van der Waals surface area contributed by atoms with Crippen LogP contribution in [-0.4, -0.2) is 45.1 Å². The molecule has 0 spiro atoms. The summed E-state index contributed by atoms with van der Waals surface area (Å²) < 4.78 is 16.4. The molecule has 1 saturated heterocycles. The Morgan fingerprint density at radius 3 is 2.90 bits per heavy atom. The first-order chi connectivity index (χ1) is 10.3. The van der Waals surface area contributed by atoms with Gasteiger partial charge in [-0.3, -0.25) is 0 Å². The SMILES string of the molecule is COC1COc2ccccc2C1NC(=O)NC1CCOC1. The highest BCUT2D eigenvalue weighted by molar-refractivity contribution is 5.75. The second-order valence-electron chi connectivity index (χ2n) is 5.28. The molecule has 2 amide bonds. The van der Waals surface area contributed by atoms with E-state index in [4.69, 9.17) is 14.2 Å². The highest BCUT2D eigenvalue weighted by Crippen LogP contribution is 2.32. The average molecular weight is 292 g/mol. The van der Waals surface area contributed by atoms with Crippen molar-refractivity contribution in [2.45, 2.75) is 24.6 Å². The zero-order chi connectivity index (χ0) is 14.7. The van der Waals surface area contributed by atoms with E-state index in [0.717, 1.165) is 17.7 Å². The summed E-state index contributed by atoms with van der Waals surface area (Å²) in [7, 11) is 1.62. The third kappa shape index (κ3) is 3.11. The molecular weight excluding hydrogens is 272 g/mol. The average Bonchev–Trinajstić information content (AvgIpc) is 3.00. The van der Waals surface area contributed by atoms with Crippen LogP contribution in [0.2, 0.25) is 0 Å². The minimum atomic E-state index is -0.220. The maximum Gasteiger partial charge on any atom is 0.315 e. The summed E-state index contributed by atoms with van der Waals surface area (Å²) in [6.45, 7) is 1.70. The standard InChI is InChI=1S/C15H20N2O4/c1-19-13-9-21-12-5-3-2-4-11(12)14(13)17-15(18)16-10-6-7-20-8-10/h2-5,10,13-14H,6-9H2,1H3,(H2,16,17,18). The molecule has 6 nitrogen and oxygen atoms in total. The molecule has 1 fully saturated rings. The monoisotopic (exact) mass is 292 g/mol. The van der Waals surface area contributed by atoms with E-state index >= 15 is 0 Å². The van der Waals surface area contributed by atoms with Crippen LogP contribution >= 0.6 is 0 Å². The van der Waals surface area contributed by atoms with Crippen molar-refractivity contribution >= 4 is 6.03 Å². The Morgan fingerprint density at radius 1 is 1.29 bits per heavy atom. The highest BCUT2D eigenvalue weighted by atomic mass is 16.5. The molecule has 21 heavy (non-hydrogen) atoms. The Labute approximate surface area is 123 Å². The van der Waals surface area contributed by atoms with Crippen LogP contribution in [0.3, 0.4) is 0 Å². The van der Waals surface area contributed by atoms with Gasteiger partial charge in [-0.2, -0.15) is 0 Å². The maximum atomic E-state index is 12.2. The number of hydrogen-bond donors (Lipinski definition) is 2. The van der Waals surface area contributed by atoms with Crippen LogP contribution in [0.4, 0.5) is 4.79 Å². The highest BCUT2D eigenvalue weighted by Gasteiger charge is 2.32. The van der Waals surface area contributed by atoms with E-state index in [-0.39, 0.29) is 24.2 Å². The number of methoxy groups -OCH3 is 1. The van der Waals surface area contributed by atoms with Crippen molar-refractivity contribution in [1.82, 2.24) is 10.6 Å². The lowest BCUT2D eigenvalue weighted by atomic mass is 9.98. The lowest BCUT2D eigenvalue weighted by Gasteiger charge is -2.33. The molecule has 0 aromatic heterocycles. The van der Waals surface area contributed by atoms with Crippen molar-refractivity contribution < 1.29 is 19.0 Å². The van der Waals surface area contributed by atoms with Gasteiger partial charge in [-0.05, 0) is 12.5 Å². The number of hydrogen-bond acceptors (Lipinski definition) is 4. The quantitative estimate of drug-likeness (QED) is 0.879. The molecule has 0 radical (unpaired) electrons. The van der Waals surface area contributed by atoms with Gasteiger partial charge in [0.1, 0.15) is 18.5 Å². The van der Waals surface area contributed by atoms with Crippen LogP contribution in [0.25, 0.3) is 0 Å². The summed E-state index contributed by atoms with van der Waals surface area (Å²) >= 11 is 0. The third-order valence-electron chi connectivity index (χ3n) is 3.88. The number of benzene rings is 1. The Morgan fingerprint density at radius 2 is 2.14 bits per heavy atom. The summed E-state index contributed by atoms with van der Waals surface area (Å²) in [6.07, 6.45) is 0.649. The maximum absolute atomic E-state index is 12.2. The molecule has 0 bridgehead atoms. The molecule has 2 aliphatic rings. The summed E-state index contributed by atoms with van der Waals surface area (Å²) in [5.41, 5.74) is 0.938. The fraction of sp³-hybridized carbons (Fsp3) is 0.533. The smallest absolute Gasteiger partial charge is 0.315 e. The van der Waals surface area contributed by atoms with E-state index in [2.05, 4.69) is 10.6 Å². The number of ether oxygens (including phenoxy) is 3. The Bertz CT molecular complexity index is 502. The van der Waals surface area contributed by atoms with Crippen molar-refractivity contribution in [2.75, 3.05) is 26.9 Å². The number of fused-ring (bicyclic) bond motifs is 1. The van der Waals surface area contributed by atoms with Crippen molar-refractivity contribution in [2.24, 2.45) is 0 Å². The number of amides is 2. The first kappa shape index (κ1) is 14.2. The molecule has 1 aromatic rings. The van der Waals surface area contributed by atoms with E-state index in [0.29, 0.717) is 19.8 Å². The van der Waals surface area contributed by atoms with Gasteiger partial charge in [-0.15, -0.1) is 0 Å². The molecule has 1 aromatic carbocycles. The first-order valence-electron chi connectivity index (χ1n) is 7.17. The molecule has 2 aliphatic heterocycles. The zero-order valence-corrected chi connectivity index (χ0v) is 12.0. The molecular formula is C15H20N2O4. The molecule has 0 saturated carbocycles. The lowest BCUT2D eigenvalue weighted by molar-refractivity contribution is 0.0184. The van der Waals surface area contributed by atoms with Crippen LogP contribution in [0.15, 0.2) is 24.3 Å². The minimum Gasteiger partial charge on any atom is -0.490 e. The van der Waals surface area contributed by atoms with Crippen LogP contribution in [0.1, 0.15) is 18.0 Å². The molecule has 114 valence electrons. The summed E-state index contributed by atoms with van der Waals surface area (Å²) in [4.78, 5) is 12.2. The van der Waals surface area contributed by atoms with Crippen LogP contribution < -0.4 is 15.4 Å². The number of nitrogens with one attached hydrogen (secondary N) is 2. The van der Waals surface area contributed by atoms with Crippen molar-refractivity contribution in [1.29, 1.82) is 0 Å². The van der Waals surface area contributed by atoms with Crippen LogP contribution in [0, 0.1) is 0 Å². The van der Waals surface area contributed by atoms with E-state index in [9.17, 15) is 4.79 Å². The van der Waals surface area contributed by atoms with Gasteiger partial charge in [0.15, 0.2) is 0 Å². The van der Waals surface area contributed by atoms with Gasteiger partial charge in [0.25, 0.3) is 0 Å². The van der Waals surface area contributed by atoms with Crippen LogP contribution in [-0.2, 0) is 9.47 Å². The number of carbonyl (C=O) groups excluding carboxylic acids is 1. The Hall–Kier alpha value is -1.79. The molecule has 2 heterocycles. The van der Waals surface area contributed by atoms with Crippen molar-refractivity contribution in [3.63, 3.8) is 0 Å². The molecule has 3 rings (SSSR count). The Kier molecular flexibility index (Phi) is 4.26. The predicted octanol–water partition coefficient (Wildman–Crippen LogP) is 1.22. The lowest BCUT2D eigenvalue weighted by Crippen LogP contribution is -2.49. The van der Waals surface area contributed by atoms with E-state index in [1.54, 1.807) is 7.11 Å². The van der Waals surface area contributed by atoms with Gasteiger partial charge in [-0.1, -0.05) is 18.2 Å². The predicted molar refractivity (Wildman–Crippen MR) is 76.4 cm³/mol. The fourth-order valence-corrected chi connectivity index (χ4v) is 2.73. The summed E-state index contributed by atoms with van der Waals surface area (Å²) in [5.74, 6) is 0.792. The number of para-hydroxylation sites is 1. The largest absolute Gasteiger partial charge is 0.490 e. The zero-order valence-electron chi connectivity index (χ0n) is 12.0. The molecule has 3 atom stereocenters. The second-order valence-corrected chi connectivity index (χ2v) is 5.28. The Balaban J connectivity index is 1.70. The number of carbonyl (C=O) groups is 1. The normalized spacial score (nSPS) is 27.6. The van der Waals surface area contributed by atoms with Gasteiger partial charge < -0.3 is 24.8 Å². The molecule has 0 aliphatic carbocycles. The van der Waals surface area contributed by atoms with Crippen LogP contribution in [0.5, 0.6) is 5.75 Å². The van der Waals surface area contributed by atoms with Gasteiger partial charge >= 0.3 is 6.03 Å². The first-order valence-corrected chi connectivity index (χ1v) is 7.17. The van der Waals surface area contributed by atoms with Gasteiger partial charge in [0.05, 0.1) is 18.7 Å². The minimum absolute atomic E-state index is 0.0843.